The van der Waals surface area contributed by atoms with Crippen molar-refractivity contribution < 1.29 is 38.1 Å². The zero-order chi connectivity index (χ0) is 23.4. The van der Waals surface area contributed by atoms with Gasteiger partial charge in [0.15, 0.2) is 11.5 Å². The Balaban J connectivity index is 2.28. The maximum absolute atomic E-state index is 12.8. The van der Waals surface area contributed by atoms with E-state index < -0.39 is 23.5 Å². The molecule has 1 heterocycles. The number of aromatic hydroxyl groups is 1. The number of fused-ring (bicyclic) bond motifs is 1. The van der Waals surface area contributed by atoms with Gasteiger partial charge >= 0.3 is 17.6 Å². The average molecular weight is 442 g/mol. The van der Waals surface area contributed by atoms with Gasteiger partial charge in [-0.15, -0.1) is 0 Å². The molecule has 1 aromatic heterocycles. The van der Waals surface area contributed by atoms with Gasteiger partial charge in [-0.25, -0.2) is 4.79 Å². The van der Waals surface area contributed by atoms with Gasteiger partial charge in [-0.3, -0.25) is 9.59 Å². The number of esters is 2. The van der Waals surface area contributed by atoms with Crippen molar-refractivity contribution in [2.75, 3.05) is 21.3 Å². The van der Waals surface area contributed by atoms with Gasteiger partial charge in [0.05, 0.1) is 38.7 Å². The number of rotatable bonds is 7. The smallest absolute Gasteiger partial charge is 0.343 e. The lowest BCUT2D eigenvalue weighted by atomic mass is 9.87. The van der Waals surface area contributed by atoms with Crippen LogP contribution in [0.5, 0.6) is 23.0 Å². The highest BCUT2D eigenvalue weighted by molar-refractivity contribution is 5.85. The molecule has 0 fully saturated rings. The minimum Gasteiger partial charge on any atom is -0.507 e. The standard InChI is InChI=1S/C23H22O9/c1-12(24)31-22-17(28-2)9-13(10-18(22)29-3)15(11-19(25)30-4)20-21(26)14-7-5-6-8-16(14)32-23(20)27/h5-10,15,26H,11H2,1-4H3. The molecule has 9 heteroatoms. The third kappa shape index (κ3) is 4.36. The third-order valence-corrected chi connectivity index (χ3v) is 4.90. The predicted molar refractivity (Wildman–Crippen MR) is 113 cm³/mol. The van der Waals surface area contributed by atoms with Crippen molar-refractivity contribution >= 4 is 22.9 Å². The summed E-state index contributed by atoms with van der Waals surface area (Å²) in [6, 6.07) is 9.47. The number of carbonyl (C=O) groups excluding carboxylic acids is 2. The molecule has 1 unspecified atom stereocenters. The van der Waals surface area contributed by atoms with E-state index in [4.69, 9.17) is 23.4 Å². The first kappa shape index (κ1) is 22.7. The summed E-state index contributed by atoms with van der Waals surface area (Å²) in [5, 5.41) is 11.2. The van der Waals surface area contributed by atoms with Gasteiger partial charge < -0.3 is 28.5 Å². The molecule has 0 amide bonds. The van der Waals surface area contributed by atoms with Crippen molar-refractivity contribution in [3.05, 3.63) is 57.9 Å². The molecule has 0 saturated heterocycles. The molecule has 1 atom stereocenters. The van der Waals surface area contributed by atoms with Crippen molar-refractivity contribution in [1.82, 2.24) is 0 Å². The number of hydrogen-bond acceptors (Lipinski definition) is 9. The molecule has 1 N–H and O–H groups in total. The summed E-state index contributed by atoms with van der Waals surface area (Å²) in [5.41, 5.74) is -0.357. The van der Waals surface area contributed by atoms with E-state index >= 15 is 0 Å². The summed E-state index contributed by atoms with van der Waals surface area (Å²) in [6.45, 7) is 1.23. The number of methoxy groups -OCH3 is 3. The fourth-order valence-electron chi connectivity index (χ4n) is 3.44. The van der Waals surface area contributed by atoms with Crippen LogP contribution < -0.4 is 19.8 Å². The summed E-state index contributed by atoms with van der Waals surface area (Å²) in [6.07, 6.45) is -0.285. The first-order chi connectivity index (χ1) is 15.3. The predicted octanol–water partition coefficient (Wildman–Crippen LogP) is 3.14. The Morgan fingerprint density at radius 2 is 1.69 bits per heavy atom. The maximum atomic E-state index is 12.8. The van der Waals surface area contributed by atoms with E-state index in [-0.39, 0.29) is 40.6 Å². The van der Waals surface area contributed by atoms with Gasteiger partial charge in [0.25, 0.3) is 0 Å². The van der Waals surface area contributed by atoms with Crippen LogP contribution >= 0.6 is 0 Å². The number of para-hydroxylation sites is 1. The van der Waals surface area contributed by atoms with Crippen LogP contribution in [0, 0.1) is 0 Å². The Morgan fingerprint density at radius 1 is 1.06 bits per heavy atom. The summed E-state index contributed by atoms with van der Waals surface area (Å²) in [7, 11) is 3.94. The quantitative estimate of drug-likeness (QED) is 0.334. The SMILES string of the molecule is COC(=O)CC(c1cc(OC)c(OC(C)=O)c(OC)c1)c1c(O)c2ccccc2oc1=O. The molecule has 0 aliphatic heterocycles. The molecule has 0 spiro atoms. The van der Waals surface area contributed by atoms with Crippen LogP contribution in [-0.2, 0) is 14.3 Å². The zero-order valence-corrected chi connectivity index (χ0v) is 18.0. The van der Waals surface area contributed by atoms with E-state index in [1.807, 2.05) is 0 Å². The fourth-order valence-corrected chi connectivity index (χ4v) is 3.44. The number of benzene rings is 2. The van der Waals surface area contributed by atoms with E-state index in [1.165, 1.54) is 40.4 Å². The topological polar surface area (TPSA) is 122 Å². The molecule has 168 valence electrons. The van der Waals surface area contributed by atoms with Gasteiger partial charge in [0, 0.05) is 12.8 Å². The Hall–Kier alpha value is -4.01. The fraction of sp³-hybridized carbons (Fsp3) is 0.261. The Bertz CT molecular complexity index is 1200. The van der Waals surface area contributed by atoms with Crippen molar-refractivity contribution in [2.45, 2.75) is 19.3 Å². The Kier molecular flexibility index (Phi) is 6.67. The molecule has 3 rings (SSSR count). The summed E-state index contributed by atoms with van der Waals surface area (Å²) < 4.78 is 26.1. The van der Waals surface area contributed by atoms with E-state index in [2.05, 4.69) is 0 Å². The molecule has 0 saturated carbocycles. The molecular formula is C23H22O9. The van der Waals surface area contributed by atoms with Gasteiger partial charge in [-0.1, -0.05) is 12.1 Å². The van der Waals surface area contributed by atoms with Crippen molar-refractivity contribution in [1.29, 1.82) is 0 Å². The molecule has 0 bridgehead atoms. The first-order valence-electron chi connectivity index (χ1n) is 9.56. The van der Waals surface area contributed by atoms with Crippen molar-refractivity contribution in [3.63, 3.8) is 0 Å². The van der Waals surface area contributed by atoms with Crippen LogP contribution in [0.4, 0.5) is 0 Å². The highest BCUT2D eigenvalue weighted by Crippen LogP contribution is 2.44. The van der Waals surface area contributed by atoms with Crippen LogP contribution in [0.25, 0.3) is 11.0 Å². The molecular weight excluding hydrogens is 420 g/mol. The molecule has 0 aliphatic rings. The van der Waals surface area contributed by atoms with Gasteiger partial charge in [-0.2, -0.15) is 0 Å². The maximum Gasteiger partial charge on any atom is 0.343 e. The van der Waals surface area contributed by atoms with Crippen LogP contribution in [0.2, 0.25) is 0 Å². The van der Waals surface area contributed by atoms with E-state index in [9.17, 15) is 19.5 Å². The second-order valence-electron chi connectivity index (χ2n) is 6.83. The average Bonchev–Trinajstić information content (AvgIpc) is 2.77. The lowest BCUT2D eigenvalue weighted by Gasteiger charge is -2.20. The van der Waals surface area contributed by atoms with E-state index in [1.54, 1.807) is 24.3 Å². The Labute approximate surface area is 183 Å². The molecule has 0 radical (unpaired) electrons. The monoisotopic (exact) mass is 442 g/mol. The molecule has 32 heavy (non-hydrogen) atoms. The molecule has 0 aliphatic carbocycles. The lowest BCUT2D eigenvalue weighted by molar-refractivity contribution is -0.140. The number of ether oxygens (including phenoxy) is 4. The third-order valence-electron chi connectivity index (χ3n) is 4.90. The minimum absolute atomic E-state index is 0.0397. The van der Waals surface area contributed by atoms with Gasteiger partial charge in [-0.05, 0) is 29.8 Å². The minimum atomic E-state index is -0.975. The van der Waals surface area contributed by atoms with E-state index in [0.29, 0.717) is 10.9 Å². The van der Waals surface area contributed by atoms with Gasteiger partial charge in [0.1, 0.15) is 11.3 Å². The molecule has 2 aromatic carbocycles. The lowest BCUT2D eigenvalue weighted by Crippen LogP contribution is -2.18. The Morgan fingerprint density at radius 3 is 2.25 bits per heavy atom. The second kappa shape index (κ2) is 9.42. The molecule has 9 nitrogen and oxygen atoms in total. The highest BCUT2D eigenvalue weighted by atomic mass is 16.6. The second-order valence-corrected chi connectivity index (χ2v) is 6.83. The van der Waals surface area contributed by atoms with Crippen molar-refractivity contribution in [3.8, 4) is 23.0 Å². The van der Waals surface area contributed by atoms with Crippen LogP contribution in [0.15, 0.2) is 45.6 Å². The normalized spacial score (nSPS) is 11.6. The van der Waals surface area contributed by atoms with Crippen molar-refractivity contribution in [2.24, 2.45) is 0 Å². The largest absolute Gasteiger partial charge is 0.507 e. The molecule has 3 aromatic rings. The summed E-state index contributed by atoms with van der Waals surface area (Å²) >= 11 is 0. The zero-order valence-electron chi connectivity index (χ0n) is 18.0. The van der Waals surface area contributed by atoms with Gasteiger partial charge in [0.2, 0.25) is 5.75 Å². The van der Waals surface area contributed by atoms with Crippen LogP contribution in [0.3, 0.4) is 0 Å². The highest BCUT2D eigenvalue weighted by Gasteiger charge is 2.30. The number of carbonyl (C=O) groups is 2. The number of hydrogen-bond donors (Lipinski definition) is 1. The van der Waals surface area contributed by atoms with E-state index in [0.717, 1.165) is 0 Å². The first-order valence-corrected chi connectivity index (χ1v) is 9.56. The summed E-state index contributed by atoms with van der Waals surface area (Å²) in [4.78, 5) is 36.6. The summed E-state index contributed by atoms with van der Waals surface area (Å²) in [5.74, 6) is -2.19. The van der Waals surface area contributed by atoms with Crippen LogP contribution in [0.1, 0.15) is 30.4 Å². The van der Waals surface area contributed by atoms with Crippen LogP contribution in [-0.4, -0.2) is 38.4 Å².